The van der Waals surface area contributed by atoms with Gasteiger partial charge in [0.2, 0.25) is 5.91 Å². The Hall–Kier alpha value is -3.80. The highest BCUT2D eigenvalue weighted by Crippen LogP contribution is 2.41. The maximum Gasteiger partial charge on any atom is 0.407 e. The van der Waals surface area contributed by atoms with Gasteiger partial charge in [-0.25, -0.2) is 4.79 Å². The monoisotopic (exact) mass is 519 g/mol. The molecule has 12 nitrogen and oxygen atoms in total. The maximum atomic E-state index is 12.3. The summed E-state index contributed by atoms with van der Waals surface area (Å²) in [6.07, 6.45) is 2.87. The van der Waals surface area contributed by atoms with Crippen LogP contribution in [-0.4, -0.2) is 93.9 Å². The van der Waals surface area contributed by atoms with Crippen LogP contribution in [0.25, 0.3) is 0 Å². The highest BCUT2D eigenvalue weighted by molar-refractivity contribution is 5.95. The highest BCUT2D eigenvalue weighted by atomic mass is 16.4. The van der Waals surface area contributed by atoms with E-state index in [1.807, 2.05) is 46.7 Å². The quantitative estimate of drug-likeness (QED) is 0.337. The van der Waals surface area contributed by atoms with Crippen molar-refractivity contribution in [1.29, 1.82) is 0 Å². The van der Waals surface area contributed by atoms with E-state index in [0.717, 1.165) is 0 Å². The third-order valence-electron chi connectivity index (χ3n) is 6.20. The predicted octanol–water partition coefficient (Wildman–Crippen LogP) is 2.00. The normalized spacial score (nSPS) is 11.5. The SMILES string of the molecule is CCN(C(=O)O)C(C)(C)C.CN(C)C(=O)CCC(c1cc[nH]c1C(N)=O)(c1cc[nH]c1C(N)=O)N(C)C. The lowest BCUT2D eigenvalue weighted by Gasteiger charge is -2.41. The maximum absolute atomic E-state index is 12.3. The Balaban J connectivity index is 0.000000580. The number of carbonyl (C=O) groups excluding carboxylic acids is 3. The molecule has 0 aromatic carbocycles. The second kappa shape index (κ2) is 12.4. The molecule has 0 spiro atoms. The van der Waals surface area contributed by atoms with Gasteiger partial charge in [-0.15, -0.1) is 0 Å². The number of nitrogens with one attached hydrogen (secondary N) is 2. The Bertz CT molecular complexity index is 1040. The summed E-state index contributed by atoms with van der Waals surface area (Å²) in [5.41, 5.74) is 11.4. The minimum Gasteiger partial charge on any atom is -0.465 e. The second-order valence-electron chi connectivity index (χ2n) is 10.0. The Kier molecular flexibility index (Phi) is 10.5. The number of hydrogen-bond donors (Lipinski definition) is 5. The van der Waals surface area contributed by atoms with Crippen molar-refractivity contribution in [2.24, 2.45) is 11.5 Å². The van der Waals surface area contributed by atoms with Crippen molar-refractivity contribution >= 4 is 23.8 Å². The number of amides is 4. The van der Waals surface area contributed by atoms with Gasteiger partial charge in [0, 0.05) is 56.1 Å². The summed E-state index contributed by atoms with van der Waals surface area (Å²) in [7, 11) is 6.98. The van der Waals surface area contributed by atoms with Gasteiger partial charge in [-0.05, 0) is 60.3 Å². The fraction of sp³-hybridized carbons (Fsp3) is 0.520. The molecule has 0 saturated heterocycles. The molecule has 0 bridgehead atoms. The number of carbonyl (C=O) groups is 4. The Morgan fingerprint density at radius 1 is 0.892 bits per heavy atom. The molecular weight excluding hydrogens is 478 g/mol. The number of rotatable bonds is 9. The summed E-state index contributed by atoms with van der Waals surface area (Å²) in [5, 5.41) is 8.63. The fourth-order valence-electron chi connectivity index (χ4n) is 4.36. The van der Waals surface area contributed by atoms with Gasteiger partial charge in [-0.1, -0.05) is 0 Å². The molecule has 0 saturated carbocycles. The molecule has 7 N–H and O–H groups in total. The van der Waals surface area contributed by atoms with Gasteiger partial charge in [-0.2, -0.15) is 0 Å². The minimum absolute atomic E-state index is 0.0754. The van der Waals surface area contributed by atoms with Gasteiger partial charge < -0.3 is 36.3 Å². The van der Waals surface area contributed by atoms with Crippen molar-refractivity contribution in [3.63, 3.8) is 0 Å². The molecule has 37 heavy (non-hydrogen) atoms. The topological polar surface area (TPSA) is 182 Å². The van der Waals surface area contributed by atoms with Crippen LogP contribution >= 0.6 is 0 Å². The summed E-state index contributed by atoms with van der Waals surface area (Å²) in [6, 6.07) is 3.47. The largest absolute Gasteiger partial charge is 0.465 e. The smallest absolute Gasteiger partial charge is 0.407 e. The zero-order valence-corrected chi connectivity index (χ0v) is 23.0. The number of H-pyrrole nitrogens is 2. The van der Waals surface area contributed by atoms with E-state index < -0.39 is 23.4 Å². The van der Waals surface area contributed by atoms with Crippen molar-refractivity contribution < 1.29 is 24.3 Å². The number of nitrogens with zero attached hydrogens (tertiary/aromatic N) is 3. The highest BCUT2D eigenvalue weighted by Gasteiger charge is 2.43. The van der Waals surface area contributed by atoms with Crippen molar-refractivity contribution in [2.75, 3.05) is 34.7 Å². The van der Waals surface area contributed by atoms with E-state index in [-0.39, 0.29) is 29.3 Å². The molecule has 2 aromatic rings. The van der Waals surface area contributed by atoms with Crippen LogP contribution < -0.4 is 11.5 Å². The summed E-state index contributed by atoms with van der Waals surface area (Å²) in [4.78, 5) is 57.3. The first kappa shape index (κ1) is 31.2. The van der Waals surface area contributed by atoms with Crippen LogP contribution in [0.3, 0.4) is 0 Å². The number of primary amides is 2. The molecule has 0 unspecified atom stereocenters. The van der Waals surface area contributed by atoms with E-state index in [2.05, 4.69) is 9.97 Å². The summed E-state index contributed by atoms with van der Waals surface area (Å²) < 4.78 is 0. The average Bonchev–Trinajstić information content (AvgIpc) is 3.44. The van der Waals surface area contributed by atoms with Crippen LogP contribution in [0.15, 0.2) is 24.5 Å². The zero-order chi connectivity index (χ0) is 28.7. The third kappa shape index (κ3) is 7.13. The number of aromatic amines is 2. The summed E-state index contributed by atoms with van der Waals surface area (Å²) in [6.45, 7) is 8.01. The van der Waals surface area contributed by atoms with E-state index in [1.165, 1.54) is 9.80 Å². The van der Waals surface area contributed by atoms with Crippen molar-refractivity contribution in [3.05, 3.63) is 47.0 Å². The van der Waals surface area contributed by atoms with Crippen LogP contribution in [-0.2, 0) is 10.3 Å². The fourth-order valence-corrected chi connectivity index (χ4v) is 4.36. The molecule has 0 atom stereocenters. The molecule has 0 aliphatic heterocycles. The number of hydrogen-bond acceptors (Lipinski definition) is 5. The first-order valence-electron chi connectivity index (χ1n) is 11.9. The van der Waals surface area contributed by atoms with Crippen molar-refractivity contribution in [2.45, 2.75) is 51.6 Å². The molecule has 0 fully saturated rings. The number of nitrogens with two attached hydrogens (primary N) is 2. The first-order chi connectivity index (χ1) is 17.0. The number of aromatic nitrogens is 2. The molecule has 2 rings (SSSR count). The molecule has 2 aromatic heterocycles. The Morgan fingerprint density at radius 2 is 1.32 bits per heavy atom. The standard InChI is InChI=1S/C18H26N6O3.C7H15NO2/c1-23(2)13(25)5-8-18(24(3)4,11-6-9-21-14(11)16(19)26)12-7-10-22-15(12)17(20)27;1-5-8(6(9)10)7(2,3)4/h6-7,9-10,21-22H,5,8H2,1-4H3,(H2,19,26)(H2,20,27);5H2,1-4H3,(H,9,10). The Morgan fingerprint density at radius 3 is 1.57 bits per heavy atom. The van der Waals surface area contributed by atoms with Crippen LogP contribution in [0.4, 0.5) is 4.79 Å². The van der Waals surface area contributed by atoms with Gasteiger partial charge in [0.25, 0.3) is 11.8 Å². The zero-order valence-electron chi connectivity index (χ0n) is 23.0. The van der Waals surface area contributed by atoms with Crippen LogP contribution in [0, 0.1) is 0 Å². The summed E-state index contributed by atoms with van der Waals surface area (Å²) >= 11 is 0. The van der Waals surface area contributed by atoms with E-state index >= 15 is 0 Å². The molecular formula is C25H41N7O5. The lowest BCUT2D eigenvalue weighted by molar-refractivity contribution is -0.129. The van der Waals surface area contributed by atoms with Crippen LogP contribution in [0.5, 0.6) is 0 Å². The van der Waals surface area contributed by atoms with Gasteiger partial charge in [0.05, 0.1) is 5.54 Å². The molecule has 2 heterocycles. The summed E-state index contributed by atoms with van der Waals surface area (Å²) in [5.74, 6) is -1.33. The van der Waals surface area contributed by atoms with Gasteiger partial charge >= 0.3 is 6.09 Å². The van der Waals surface area contributed by atoms with E-state index in [0.29, 0.717) is 24.1 Å². The van der Waals surface area contributed by atoms with Gasteiger partial charge in [0.15, 0.2) is 0 Å². The molecule has 4 amide bonds. The predicted molar refractivity (Wildman–Crippen MR) is 141 cm³/mol. The average molecular weight is 520 g/mol. The molecule has 0 aliphatic rings. The molecule has 0 radical (unpaired) electrons. The molecule has 206 valence electrons. The van der Waals surface area contributed by atoms with E-state index in [9.17, 15) is 19.2 Å². The lowest BCUT2D eigenvalue weighted by Crippen LogP contribution is -2.45. The van der Waals surface area contributed by atoms with Crippen LogP contribution in [0.1, 0.15) is 72.6 Å². The van der Waals surface area contributed by atoms with E-state index in [4.69, 9.17) is 16.6 Å². The third-order valence-corrected chi connectivity index (χ3v) is 6.20. The first-order valence-corrected chi connectivity index (χ1v) is 11.9. The minimum atomic E-state index is -0.972. The second-order valence-corrected chi connectivity index (χ2v) is 10.0. The molecule has 0 aliphatic carbocycles. The lowest BCUT2D eigenvalue weighted by atomic mass is 9.77. The molecule has 12 heteroatoms. The van der Waals surface area contributed by atoms with Crippen molar-refractivity contribution in [3.8, 4) is 0 Å². The van der Waals surface area contributed by atoms with Crippen molar-refractivity contribution in [1.82, 2.24) is 24.7 Å². The van der Waals surface area contributed by atoms with Gasteiger partial charge in [0.1, 0.15) is 11.4 Å². The Labute approximate surface area is 218 Å². The number of carboxylic acid groups (broad SMARTS) is 1. The van der Waals surface area contributed by atoms with Gasteiger partial charge in [-0.3, -0.25) is 19.3 Å². The van der Waals surface area contributed by atoms with E-state index in [1.54, 1.807) is 38.6 Å². The van der Waals surface area contributed by atoms with Crippen LogP contribution in [0.2, 0.25) is 0 Å².